The van der Waals surface area contributed by atoms with Crippen molar-refractivity contribution in [1.82, 2.24) is 9.62 Å². The zero-order chi connectivity index (χ0) is 15.8. The topological polar surface area (TPSA) is 58.6 Å². The van der Waals surface area contributed by atoms with E-state index >= 15 is 0 Å². The van der Waals surface area contributed by atoms with Crippen molar-refractivity contribution in [3.05, 3.63) is 23.2 Å². The Bertz CT molecular complexity index is 657. The first-order valence-corrected chi connectivity index (χ1v) is 9.33. The molecule has 2 fully saturated rings. The Hall–Kier alpha value is -0.820. The van der Waals surface area contributed by atoms with Gasteiger partial charge in [-0.25, -0.2) is 8.42 Å². The van der Waals surface area contributed by atoms with Crippen LogP contribution in [-0.2, 0) is 10.0 Å². The van der Waals surface area contributed by atoms with Crippen LogP contribution in [-0.4, -0.2) is 46.0 Å². The van der Waals surface area contributed by atoms with E-state index in [9.17, 15) is 8.42 Å². The molecule has 2 heterocycles. The molecule has 2 aliphatic rings. The minimum absolute atomic E-state index is 0.0805. The Morgan fingerprint density at radius 2 is 2.18 bits per heavy atom. The van der Waals surface area contributed by atoms with Gasteiger partial charge in [0, 0.05) is 24.7 Å². The number of methoxy groups -OCH3 is 1. The maximum atomic E-state index is 13.0. The van der Waals surface area contributed by atoms with E-state index in [-0.39, 0.29) is 10.3 Å². The summed E-state index contributed by atoms with van der Waals surface area (Å²) < 4.78 is 32.7. The lowest BCUT2D eigenvalue weighted by atomic mass is 9.80. The van der Waals surface area contributed by atoms with Crippen LogP contribution in [0.15, 0.2) is 23.1 Å². The maximum absolute atomic E-state index is 13.0. The summed E-state index contributed by atoms with van der Waals surface area (Å²) in [5.41, 5.74) is 0.0805. The van der Waals surface area contributed by atoms with E-state index in [0.717, 1.165) is 32.4 Å². The quantitative estimate of drug-likeness (QED) is 0.912. The molecule has 0 aromatic heterocycles. The average Bonchev–Trinajstić information content (AvgIpc) is 2.92. The molecule has 0 aliphatic carbocycles. The van der Waals surface area contributed by atoms with Crippen LogP contribution in [0.3, 0.4) is 0 Å². The summed E-state index contributed by atoms with van der Waals surface area (Å²) in [6, 6.07) is 4.71. The van der Waals surface area contributed by atoms with Crippen LogP contribution in [0.1, 0.15) is 19.3 Å². The molecule has 122 valence electrons. The molecule has 0 radical (unpaired) electrons. The van der Waals surface area contributed by atoms with Crippen LogP contribution in [0.2, 0.25) is 5.02 Å². The largest absolute Gasteiger partial charge is 0.495 e. The van der Waals surface area contributed by atoms with Gasteiger partial charge < -0.3 is 10.1 Å². The molecule has 2 aliphatic heterocycles. The summed E-state index contributed by atoms with van der Waals surface area (Å²) >= 11 is 5.98. The smallest absolute Gasteiger partial charge is 0.246 e. The van der Waals surface area contributed by atoms with Crippen molar-refractivity contribution in [2.24, 2.45) is 5.41 Å². The second-order valence-electron chi connectivity index (χ2n) is 6.16. The molecule has 3 rings (SSSR count). The summed E-state index contributed by atoms with van der Waals surface area (Å²) in [6.07, 6.45) is 3.09. The van der Waals surface area contributed by atoms with Gasteiger partial charge >= 0.3 is 0 Å². The highest BCUT2D eigenvalue weighted by molar-refractivity contribution is 7.89. The number of sulfonamides is 1. The number of piperidine rings is 1. The molecule has 0 saturated carbocycles. The highest BCUT2D eigenvalue weighted by Gasteiger charge is 2.44. The number of hydrogen-bond donors (Lipinski definition) is 1. The SMILES string of the molecule is COc1ccc(Cl)cc1S(=O)(=O)N1CCC2(CCCNC2)C1. The fourth-order valence-electron chi connectivity index (χ4n) is 3.47. The molecule has 0 amide bonds. The molecule has 1 unspecified atom stereocenters. The van der Waals surface area contributed by atoms with Gasteiger partial charge in [0.1, 0.15) is 10.6 Å². The lowest BCUT2D eigenvalue weighted by Gasteiger charge is -2.33. The first-order valence-electron chi connectivity index (χ1n) is 7.51. The van der Waals surface area contributed by atoms with Gasteiger partial charge in [-0.15, -0.1) is 0 Å². The predicted octanol–water partition coefficient (Wildman–Crippen LogP) is 2.11. The molecule has 1 N–H and O–H groups in total. The zero-order valence-corrected chi connectivity index (χ0v) is 14.2. The van der Waals surface area contributed by atoms with Gasteiger partial charge in [0.25, 0.3) is 0 Å². The molecule has 0 bridgehead atoms. The third-order valence-corrected chi connectivity index (χ3v) is 6.81. The van der Waals surface area contributed by atoms with E-state index in [0.29, 0.717) is 23.9 Å². The van der Waals surface area contributed by atoms with Crippen molar-refractivity contribution in [3.8, 4) is 5.75 Å². The molecular formula is C15H21ClN2O3S. The zero-order valence-electron chi connectivity index (χ0n) is 12.6. The summed E-state index contributed by atoms with van der Waals surface area (Å²) in [5.74, 6) is 0.340. The summed E-state index contributed by atoms with van der Waals surface area (Å²) in [7, 11) is -2.11. The highest BCUT2D eigenvalue weighted by Crippen LogP contribution is 2.40. The van der Waals surface area contributed by atoms with Gasteiger partial charge in [-0.1, -0.05) is 11.6 Å². The van der Waals surface area contributed by atoms with E-state index in [1.807, 2.05) is 0 Å². The minimum atomic E-state index is -3.58. The molecule has 7 heteroatoms. The summed E-state index contributed by atoms with van der Waals surface area (Å²) in [4.78, 5) is 0.156. The molecule has 1 aromatic carbocycles. The fraction of sp³-hybridized carbons (Fsp3) is 0.600. The maximum Gasteiger partial charge on any atom is 0.246 e. The van der Waals surface area contributed by atoms with Crippen LogP contribution in [0, 0.1) is 5.41 Å². The number of benzene rings is 1. The van der Waals surface area contributed by atoms with E-state index in [2.05, 4.69) is 5.32 Å². The molecule has 1 aromatic rings. The van der Waals surface area contributed by atoms with Crippen molar-refractivity contribution in [2.75, 3.05) is 33.3 Å². The Balaban J connectivity index is 1.89. The molecule has 5 nitrogen and oxygen atoms in total. The second-order valence-corrected chi connectivity index (χ2v) is 8.51. The number of rotatable bonds is 3. The molecular weight excluding hydrogens is 324 g/mol. The van der Waals surface area contributed by atoms with Gasteiger partial charge in [-0.3, -0.25) is 0 Å². The van der Waals surface area contributed by atoms with Gasteiger partial charge in [0.05, 0.1) is 7.11 Å². The molecule has 1 atom stereocenters. The lowest BCUT2D eigenvalue weighted by molar-refractivity contribution is 0.224. The third-order valence-electron chi connectivity index (χ3n) is 4.71. The van der Waals surface area contributed by atoms with E-state index in [4.69, 9.17) is 16.3 Å². The number of halogens is 1. The Labute approximate surface area is 136 Å². The van der Waals surface area contributed by atoms with Crippen LogP contribution >= 0.6 is 11.6 Å². The van der Waals surface area contributed by atoms with Crippen molar-refractivity contribution in [2.45, 2.75) is 24.2 Å². The number of nitrogens with one attached hydrogen (secondary N) is 1. The van der Waals surface area contributed by atoms with Crippen molar-refractivity contribution < 1.29 is 13.2 Å². The molecule has 22 heavy (non-hydrogen) atoms. The third kappa shape index (κ3) is 2.85. The number of ether oxygens (including phenoxy) is 1. The van der Waals surface area contributed by atoms with Crippen molar-refractivity contribution >= 4 is 21.6 Å². The van der Waals surface area contributed by atoms with E-state index < -0.39 is 10.0 Å². The molecule has 1 spiro atoms. The van der Waals surface area contributed by atoms with Crippen molar-refractivity contribution in [3.63, 3.8) is 0 Å². The normalized spacial score (nSPS) is 26.5. The number of hydrogen-bond acceptors (Lipinski definition) is 4. The first kappa shape index (κ1) is 16.1. The highest BCUT2D eigenvalue weighted by atomic mass is 35.5. The van der Waals surface area contributed by atoms with Gasteiger partial charge in [-0.2, -0.15) is 4.31 Å². The Morgan fingerprint density at radius 3 is 2.86 bits per heavy atom. The number of nitrogens with zero attached hydrogens (tertiary/aromatic N) is 1. The van der Waals surface area contributed by atoms with Crippen molar-refractivity contribution in [1.29, 1.82) is 0 Å². The van der Waals surface area contributed by atoms with Gasteiger partial charge in [0.15, 0.2) is 0 Å². The first-order chi connectivity index (χ1) is 10.5. The predicted molar refractivity (Wildman–Crippen MR) is 85.9 cm³/mol. The summed E-state index contributed by atoms with van der Waals surface area (Å²) in [6.45, 7) is 3.04. The van der Waals surface area contributed by atoms with Crippen LogP contribution in [0.25, 0.3) is 0 Å². The van der Waals surface area contributed by atoms with Crippen LogP contribution < -0.4 is 10.1 Å². The standard InChI is InChI=1S/C15H21ClN2O3S/c1-21-13-4-3-12(16)9-14(13)22(19,20)18-8-6-15(11-18)5-2-7-17-10-15/h3-4,9,17H,2,5-8,10-11H2,1H3. The molecule has 2 saturated heterocycles. The second kappa shape index (κ2) is 6.00. The summed E-state index contributed by atoms with van der Waals surface area (Å²) in [5, 5.41) is 3.79. The Morgan fingerprint density at radius 1 is 1.36 bits per heavy atom. The van der Waals surface area contributed by atoms with Gasteiger partial charge in [0.2, 0.25) is 10.0 Å². The Kier molecular flexibility index (Phi) is 4.38. The average molecular weight is 345 g/mol. The van der Waals surface area contributed by atoms with Crippen LogP contribution in [0.4, 0.5) is 0 Å². The van der Waals surface area contributed by atoms with E-state index in [1.54, 1.807) is 16.4 Å². The minimum Gasteiger partial charge on any atom is -0.495 e. The fourth-order valence-corrected chi connectivity index (χ4v) is 5.44. The lowest BCUT2D eigenvalue weighted by Crippen LogP contribution is -2.42. The van der Waals surface area contributed by atoms with Crippen LogP contribution in [0.5, 0.6) is 5.75 Å². The van der Waals surface area contributed by atoms with E-state index in [1.165, 1.54) is 13.2 Å². The van der Waals surface area contributed by atoms with Gasteiger partial charge in [-0.05, 0) is 49.4 Å². The monoisotopic (exact) mass is 344 g/mol.